The van der Waals surface area contributed by atoms with Gasteiger partial charge in [-0.2, -0.15) is 39.5 Å². The molecule has 0 N–H and O–H groups in total. The van der Waals surface area contributed by atoms with E-state index in [1.165, 1.54) is 6.92 Å². The third kappa shape index (κ3) is 12.4. The van der Waals surface area contributed by atoms with Crippen molar-refractivity contribution in [2.24, 2.45) is 0 Å². The molecule has 6 nitrogen and oxygen atoms in total. The summed E-state index contributed by atoms with van der Waals surface area (Å²) < 4.78 is 125. The van der Waals surface area contributed by atoms with E-state index in [4.69, 9.17) is 4.74 Å². The van der Waals surface area contributed by atoms with Crippen LogP contribution in [0.5, 0.6) is 0 Å². The first-order valence-corrected chi connectivity index (χ1v) is 9.31. The minimum Gasteiger partial charge on any atom is -0.382 e. The molecule has 0 aliphatic rings. The Balaban J connectivity index is 4.89. The largest absolute Gasteiger partial charge is 0.417 e. The predicted octanol–water partition coefficient (Wildman–Crippen LogP) is 5.30. The Kier molecular flexibility index (Phi) is 12.8. The van der Waals surface area contributed by atoms with Crippen molar-refractivity contribution in [1.82, 2.24) is 0 Å². The molecule has 0 spiro atoms. The zero-order chi connectivity index (χ0) is 25.3. The van der Waals surface area contributed by atoms with E-state index in [1.54, 1.807) is 0 Å². The van der Waals surface area contributed by atoms with Crippen LogP contribution in [-0.2, 0) is 29.0 Å². The summed E-state index contributed by atoms with van der Waals surface area (Å²) in [5.74, 6) is 0. The summed E-state index contributed by atoms with van der Waals surface area (Å²) in [5, 5.41) is 0. The average Bonchev–Trinajstić information content (AvgIpc) is 2.63. The number of alkyl halides is 9. The van der Waals surface area contributed by atoms with E-state index in [0.717, 1.165) is 28.1 Å². The van der Waals surface area contributed by atoms with Crippen LogP contribution in [0.4, 0.5) is 39.5 Å². The molecule has 0 fully saturated rings. The van der Waals surface area contributed by atoms with Gasteiger partial charge in [-0.1, -0.05) is 0 Å². The number of hydrogen-bond acceptors (Lipinski definition) is 6. The van der Waals surface area contributed by atoms with Gasteiger partial charge in [0.1, 0.15) is 0 Å². The molecule has 0 aromatic carbocycles. The van der Waals surface area contributed by atoms with Crippen LogP contribution in [0, 0.1) is 0 Å². The fourth-order valence-corrected chi connectivity index (χ4v) is 2.22. The maximum absolute atomic E-state index is 13.2. The highest BCUT2D eigenvalue weighted by Crippen LogP contribution is 2.31. The molecule has 0 bridgehead atoms. The Hall–Kier alpha value is -0.870. The summed E-state index contributed by atoms with van der Waals surface area (Å²) in [6.07, 6.45) is -28.7. The zero-order valence-electron chi connectivity index (χ0n) is 17.9. The molecule has 0 saturated carbocycles. The van der Waals surface area contributed by atoms with E-state index >= 15 is 0 Å². The van der Waals surface area contributed by atoms with Crippen molar-refractivity contribution in [3.63, 3.8) is 0 Å². The monoisotopic (exact) mass is 498 g/mol. The van der Waals surface area contributed by atoms with E-state index in [2.05, 4.69) is 24.3 Å². The fraction of sp³-hybridized carbons (Fsp3) is 1.00. The zero-order valence-corrected chi connectivity index (χ0v) is 17.9. The molecule has 0 aliphatic heterocycles. The molecule has 0 aromatic heterocycles. The van der Waals surface area contributed by atoms with Crippen molar-refractivity contribution < 1.29 is 68.5 Å². The third-order valence-electron chi connectivity index (χ3n) is 4.09. The van der Waals surface area contributed by atoms with Crippen molar-refractivity contribution in [1.29, 1.82) is 0 Å². The molecule has 0 amide bonds. The summed E-state index contributed by atoms with van der Waals surface area (Å²) >= 11 is 0. The van der Waals surface area contributed by atoms with E-state index in [1.807, 2.05) is 0 Å². The van der Waals surface area contributed by atoms with Gasteiger partial charge in [-0.05, 0) is 20.8 Å². The third-order valence-corrected chi connectivity index (χ3v) is 4.09. The van der Waals surface area contributed by atoms with Crippen LogP contribution in [0.15, 0.2) is 0 Å². The highest BCUT2D eigenvalue weighted by Gasteiger charge is 2.46. The van der Waals surface area contributed by atoms with Crippen LogP contribution in [0.25, 0.3) is 0 Å². The van der Waals surface area contributed by atoms with Crippen LogP contribution in [0.3, 0.4) is 0 Å². The lowest BCUT2D eigenvalue weighted by Gasteiger charge is -2.27. The molecule has 0 saturated heterocycles. The number of rotatable bonds is 14. The molecule has 0 aliphatic carbocycles. The normalized spacial score (nSPS) is 19.3. The van der Waals surface area contributed by atoms with Gasteiger partial charge in [0.05, 0.1) is 18.3 Å². The van der Waals surface area contributed by atoms with Gasteiger partial charge in [-0.15, -0.1) is 0 Å². The van der Waals surface area contributed by atoms with Crippen LogP contribution < -0.4 is 0 Å². The van der Waals surface area contributed by atoms with Gasteiger partial charge in [0, 0.05) is 33.5 Å². The van der Waals surface area contributed by atoms with Gasteiger partial charge in [0.25, 0.3) is 0 Å². The van der Waals surface area contributed by atoms with Crippen LogP contribution >= 0.6 is 0 Å². The highest BCUT2D eigenvalue weighted by atomic mass is 19.4. The maximum Gasteiger partial charge on any atom is 0.417 e. The van der Waals surface area contributed by atoms with Gasteiger partial charge in [-0.25, -0.2) is 19.6 Å². The Bertz CT molecular complexity index is 512. The van der Waals surface area contributed by atoms with Gasteiger partial charge in [0.2, 0.25) is 0 Å². The smallest absolute Gasteiger partial charge is 0.382 e. The number of methoxy groups -OCH3 is 2. The minimum absolute atomic E-state index is 0.674. The second kappa shape index (κ2) is 13.1. The van der Waals surface area contributed by atoms with E-state index in [0.29, 0.717) is 0 Å². The lowest BCUT2D eigenvalue weighted by molar-refractivity contribution is -0.422. The van der Waals surface area contributed by atoms with Crippen molar-refractivity contribution in [3.8, 4) is 0 Å². The fourth-order valence-electron chi connectivity index (χ4n) is 2.22. The van der Waals surface area contributed by atoms with Crippen molar-refractivity contribution in [3.05, 3.63) is 0 Å². The summed E-state index contributed by atoms with van der Waals surface area (Å²) in [7, 11) is 1.93. The molecule has 15 heteroatoms. The first kappa shape index (κ1) is 31.1. The highest BCUT2D eigenvalue weighted by molar-refractivity contribution is 4.73. The van der Waals surface area contributed by atoms with Crippen molar-refractivity contribution in [2.75, 3.05) is 14.2 Å². The molecule has 0 heterocycles. The molecule has 0 radical (unpaired) electrons. The first-order valence-electron chi connectivity index (χ1n) is 9.31. The summed E-state index contributed by atoms with van der Waals surface area (Å²) in [4.78, 5) is 17.4. The molecule has 32 heavy (non-hydrogen) atoms. The Morgan fingerprint density at radius 2 is 0.781 bits per heavy atom. The molecular formula is C17H27F9O6. The average molecular weight is 498 g/mol. The van der Waals surface area contributed by atoms with Crippen LogP contribution in [0.2, 0.25) is 0 Å². The van der Waals surface area contributed by atoms with Crippen molar-refractivity contribution >= 4 is 0 Å². The molecule has 6 unspecified atom stereocenters. The van der Waals surface area contributed by atoms with Gasteiger partial charge < -0.3 is 9.47 Å². The van der Waals surface area contributed by atoms with E-state index in [-0.39, 0.29) is 0 Å². The predicted molar refractivity (Wildman–Crippen MR) is 90.1 cm³/mol. The van der Waals surface area contributed by atoms with Gasteiger partial charge >= 0.3 is 18.5 Å². The quantitative estimate of drug-likeness (QED) is 0.184. The van der Waals surface area contributed by atoms with Gasteiger partial charge in [-0.3, -0.25) is 0 Å². The first-order chi connectivity index (χ1) is 14.4. The minimum atomic E-state index is -5.06. The topological polar surface area (TPSA) is 55.4 Å². The van der Waals surface area contributed by atoms with Crippen molar-refractivity contribution in [2.45, 2.75) is 95.2 Å². The Morgan fingerprint density at radius 1 is 0.469 bits per heavy atom. The molecular weight excluding hydrogens is 471 g/mol. The Morgan fingerprint density at radius 3 is 1.06 bits per heavy atom. The summed E-state index contributed by atoms with van der Waals surface area (Å²) in [5.41, 5.74) is 0. The second-order valence-electron chi connectivity index (χ2n) is 7.09. The molecule has 194 valence electrons. The molecule has 0 aromatic rings. The molecule has 6 atom stereocenters. The number of ether oxygens (including phenoxy) is 2. The second-order valence-corrected chi connectivity index (χ2v) is 7.09. The van der Waals surface area contributed by atoms with Crippen LogP contribution in [-0.4, -0.2) is 69.4 Å². The Labute approximate surface area is 179 Å². The maximum atomic E-state index is 13.2. The summed E-state index contributed by atoms with van der Waals surface area (Å²) in [6, 6.07) is 0. The van der Waals surface area contributed by atoms with Crippen LogP contribution in [0.1, 0.15) is 40.0 Å². The number of hydrogen-bond donors (Lipinski definition) is 0. The van der Waals surface area contributed by atoms with E-state index in [9.17, 15) is 39.5 Å². The SMILES string of the molecule is COC(C)CC(OOC(C)CC(OOC(C)CC(OC)C(F)(F)F)C(F)(F)F)C(F)(F)F. The van der Waals surface area contributed by atoms with Gasteiger partial charge in [0.15, 0.2) is 18.3 Å². The molecule has 0 rings (SSSR count). The van der Waals surface area contributed by atoms with E-state index < -0.39 is 74.4 Å². The lowest BCUT2D eigenvalue weighted by atomic mass is 10.1. The standard InChI is InChI=1S/C17H27F9O6/c1-9(27-4)6-13(16(21,22)23)31-30-11(3)8-14(17(24,25)26)32-29-10(2)7-12(28-5)15(18,19)20/h9-14H,6-8H2,1-5H3. The summed E-state index contributed by atoms with van der Waals surface area (Å²) in [6.45, 7) is 3.34. The number of halogens is 9. The lowest BCUT2D eigenvalue weighted by Crippen LogP contribution is -2.39.